The fourth-order valence-electron chi connectivity index (χ4n) is 1.73. The summed E-state index contributed by atoms with van der Waals surface area (Å²) in [6.45, 7) is 6.91. The number of carbonyl (C=O) groups is 1. The Kier molecular flexibility index (Phi) is 4.61. The lowest BCUT2D eigenvalue weighted by Crippen LogP contribution is -2.09. The molecule has 2 aromatic rings. The van der Waals surface area contributed by atoms with E-state index in [1.807, 2.05) is 0 Å². The predicted octanol–water partition coefficient (Wildman–Crippen LogP) is 3.19. The number of thiophene rings is 1. The molecule has 0 aliphatic rings. The van der Waals surface area contributed by atoms with Gasteiger partial charge in [-0.15, -0.1) is 11.3 Å². The van der Waals surface area contributed by atoms with Crippen LogP contribution in [0.5, 0.6) is 0 Å². The summed E-state index contributed by atoms with van der Waals surface area (Å²) in [5.41, 5.74) is 7.34. The minimum atomic E-state index is -0.431. The molecule has 0 fully saturated rings. The van der Waals surface area contributed by atoms with Crippen LogP contribution >= 0.6 is 22.9 Å². The zero-order chi connectivity index (χ0) is 14.7. The molecule has 0 amide bonds. The van der Waals surface area contributed by atoms with Crippen LogP contribution in [0, 0.1) is 13.8 Å². The normalized spacial score (nSPS) is 10.6. The molecule has 0 saturated heterocycles. The third-order valence-electron chi connectivity index (χ3n) is 2.84. The summed E-state index contributed by atoms with van der Waals surface area (Å²) < 4.78 is 9.01. The molecule has 0 aliphatic carbocycles. The molecule has 7 heteroatoms. The second-order valence-electron chi connectivity index (χ2n) is 4.30. The fourth-order valence-corrected chi connectivity index (χ4v) is 3.42. The van der Waals surface area contributed by atoms with Gasteiger partial charge in [0.25, 0.3) is 0 Å². The number of nitrogens with zero attached hydrogens (tertiary/aromatic N) is 1. The number of carbonyl (C=O) groups excluding carboxylic acids is 1. The Balaban J connectivity index is 2.12. The maximum absolute atomic E-state index is 11.8. The largest absolute Gasteiger partial charge is 0.462 e. The minimum Gasteiger partial charge on any atom is -0.462 e. The number of esters is 1. The molecular weight excluding hydrogens is 294 g/mol. The molecule has 2 aromatic heterocycles. The van der Waals surface area contributed by atoms with Crippen LogP contribution in [0.1, 0.15) is 32.6 Å². The van der Waals surface area contributed by atoms with Crippen molar-refractivity contribution >= 4 is 39.7 Å². The van der Waals surface area contributed by atoms with E-state index >= 15 is 0 Å². The van der Waals surface area contributed by atoms with Gasteiger partial charge in [-0.2, -0.15) is 4.37 Å². The first-order chi connectivity index (χ1) is 9.52. The van der Waals surface area contributed by atoms with Crippen molar-refractivity contribution in [2.75, 3.05) is 17.7 Å². The quantitative estimate of drug-likeness (QED) is 0.829. The molecule has 108 valence electrons. The van der Waals surface area contributed by atoms with Gasteiger partial charge in [0.05, 0.1) is 13.2 Å². The second kappa shape index (κ2) is 6.23. The lowest BCUT2D eigenvalue weighted by molar-refractivity contribution is 0.0529. The van der Waals surface area contributed by atoms with Crippen LogP contribution in [0.4, 0.5) is 10.8 Å². The van der Waals surface area contributed by atoms with E-state index in [0.717, 1.165) is 0 Å². The Hall–Kier alpha value is -1.60. The molecule has 3 N–H and O–H groups in total. The summed E-state index contributed by atoms with van der Waals surface area (Å²) in [7, 11) is 0. The van der Waals surface area contributed by atoms with Crippen LogP contribution in [-0.2, 0) is 11.3 Å². The molecule has 20 heavy (non-hydrogen) atoms. The lowest BCUT2D eigenvalue weighted by atomic mass is 10.3. The van der Waals surface area contributed by atoms with Crippen molar-refractivity contribution in [3.8, 4) is 0 Å². The Morgan fingerprint density at radius 1 is 1.50 bits per heavy atom. The van der Waals surface area contributed by atoms with Gasteiger partial charge in [-0.25, -0.2) is 4.79 Å². The molecule has 0 saturated carbocycles. The Bertz CT molecular complexity index is 600. The molecule has 0 radical (unpaired) electrons. The van der Waals surface area contributed by atoms with E-state index in [9.17, 15) is 4.79 Å². The van der Waals surface area contributed by atoms with Crippen molar-refractivity contribution in [1.82, 2.24) is 4.37 Å². The van der Waals surface area contributed by atoms with Crippen LogP contribution in [0.3, 0.4) is 0 Å². The van der Waals surface area contributed by atoms with Gasteiger partial charge in [0.2, 0.25) is 0 Å². The Labute approximate surface area is 125 Å². The second-order valence-corrected chi connectivity index (χ2v) is 6.41. The Morgan fingerprint density at radius 3 is 2.85 bits per heavy atom. The zero-order valence-electron chi connectivity index (χ0n) is 11.6. The van der Waals surface area contributed by atoms with Crippen molar-refractivity contribution in [3.05, 3.63) is 26.9 Å². The van der Waals surface area contributed by atoms with E-state index in [1.54, 1.807) is 18.3 Å². The molecule has 0 aromatic carbocycles. The molecule has 5 nitrogen and oxygen atoms in total. The first kappa shape index (κ1) is 14.8. The first-order valence-electron chi connectivity index (χ1n) is 6.25. The van der Waals surface area contributed by atoms with E-state index in [1.165, 1.54) is 26.9 Å². The maximum Gasteiger partial charge on any atom is 0.344 e. The summed E-state index contributed by atoms with van der Waals surface area (Å²) in [5.74, 6) is -0.214. The minimum absolute atomic E-state index is 0.217. The van der Waals surface area contributed by atoms with E-state index in [2.05, 4.69) is 29.6 Å². The summed E-state index contributed by atoms with van der Waals surface area (Å²) in [4.78, 5) is 14.4. The van der Waals surface area contributed by atoms with E-state index < -0.39 is 5.97 Å². The number of nitrogens with two attached hydrogens (primary N) is 1. The number of aromatic nitrogens is 1. The van der Waals surface area contributed by atoms with Crippen molar-refractivity contribution in [1.29, 1.82) is 0 Å². The van der Waals surface area contributed by atoms with Gasteiger partial charge >= 0.3 is 5.97 Å². The highest BCUT2D eigenvalue weighted by Crippen LogP contribution is 2.29. The standard InChI is InChI=1S/C13H17N3O2S2/c1-4-18-13(17)10-11(14)16-20-12(10)15-6-9-5-7(2)8(3)19-9/h5,15H,4,6H2,1-3H3,(H2,14,16). The highest BCUT2D eigenvalue weighted by atomic mass is 32.1. The summed E-state index contributed by atoms with van der Waals surface area (Å²) in [5, 5.41) is 3.87. The number of rotatable bonds is 5. The van der Waals surface area contributed by atoms with Crippen LogP contribution in [0.2, 0.25) is 0 Å². The molecule has 2 heterocycles. The Morgan fingerprint density at radius 2 is 2.25 bits per heavy atom. The number of hydrogen-bond acceptors (Lipinski definition) is 7. The predicted molar refractivity (Wildman–Crippen MR) is 83.6 cm³/mol. The van der Waals surface area contributed by atoms with Gasteiger partial charge in [-0.3, -0.25) is 0 Å². The van der Waals surface area contributed by atoms with Gasteiger partial charge in [-0.05, 0) is 43.9 Å². The molecule has 2 rings (SSSR count). The molecule has 0 unspecified atom stereocenters. The topological polar surface area (TPSA) is 77.2 Å². The van der Waals surface area contributed by atoms with E-state index in [-0.39, 0.29) is 5.82 Å². The van der Waals surface area contributed by atoms with Crippen molar-refractivity contribution in [2.45, 2.75) is 27.3 Å². The molecule has 0 aliphatic heterocycles. The lowest BCUT2D eigenvalue weighted by Gasteiger charge is -2.05. The van der Waals surface area contributed by atoms with E-state index in [4.69, 9.17) is 10.5 Å². The average Bonchev–Trinajstić information content (AvgIpc) is 2.91. The van der Waals surface area contributed by atoms with E-state index in [0.29, 0.717) is 23.7 Å². The van der Waals surface area contributed by atoms with Gasteiger partial charge in [-0.1, -0.05) is 0 Å². The van der Waals surface area contributed by atoms with Crippen LogP contribution in [0.15, 0.2) is 6.07 Å². The summed E-state index contributed by atoms with van der Waals surface area (Å²) in [6, 6.07) is 2.14. The average molecular weight is 311 g/mol. The summed E-state index contributed by atoms with van der Waals surface area (Å²) in [6.07, 6.45) is 0. The van der Waals surface area contributed by atoms with Crippen LogP contribution in [0.25, 0.3) is 0 Å². The SMILES string of the molecule is CCOC(=O)c1c(N)nsc1NCc1cc(C)c(C)s1. The first-order valence-corrected chi connectivity index (χ1v) is 7.84. The number of anilines is 2. The van der Waals surface area contributed by atoms with Gasteiger partial charge in [0.1, 0.15) is 10.6 Å². The number of nitrogens with one attached hydrogen (secondary N) is 1. The van der Waals surface area contributed by atoms with Crippen molar-refractivity contribution in [3.63, 3.8) is 0 Å². The zero-order valence-corrected chi connectivity index (χ0v) is 13.3. The molecule has 0 bridgehead atoms. The van der Waals surface area contributed by atoms with Gasteiger partial charge in [0.15, 0.2) is 5.82 Å². The molecular formula is C13H17N3O2S2. The summed E-state index contributed by atoms with van der Waals surface area (Å²) >= 11 is 2.92. The van der Waals surface area contributed by atoms with Gasteiger partial charge < -0.3 is 15.8 Å². The third kappa shape index (κ3) is 3.10. The van der Waals surface area contributed by atoms with Crippen molar-refractivity contribution in [2.24, 2.45) is 0 Å². The highest BCUT2D eigenvalue weighted by molar-refractivity contribution is 7.12. The van der Waals surface area contributed by atoms with Crippen LogP contribution < -0.4 is 11.1 Å². The fraction of sp³-hybridized carbons (Fsp3) is 0.385. The third-order valence-corrected chi connectivity index (χ3v) is 4.81. The maximum atomic E-state index is 11.8. The molecule has 0 spiro atoms. The number of aryl methyl sites for hydroxylation is 2. The molecule has 0 atom stereocenters. The number of nitrogen functional groups attached to an aromatic ring is 1. The number of hydrogen-bond donors (Lipinski definition) is 2. The van der Waals surface area contributed by atoms with Crippen LogP contribution in [-0.4, -0.2) is 16.9 Å². The van der Waals surface area contributed by atoms with Gasteiger partial charge in [0, 0.05) is 9.75 Å². The van der Waals surface area contributed by atoms with Crippen molar-refractivity contribution < 1.29 is 9.53 Å². The highest BCUT2D eigenvalue weighted by Gasteiger charge is 2.20. The number of ether oxygens (including phenoxy) is 1. The smallest absolute Gasteiger partial charge is 0.344 e. The monoisotopic (exact) mass is 311 g/mol.